The van der Waals surface area contributed by atoms with Crippen LogP contribution < -0.4 is 4.74 Å². The van der Waals surface area contributed by atoms with Crippen molar-refractivity contribution in [3.05, 3.63) is 28.8 Å². The Morgan fingerprint density at radius 2 is 2.23 bits per heavy atom. The van der Waals surface area contributed by atoms with Crippen LogP contribution in [0.5, 0.6) is 5.75 Å². The molecule has 120 valence electrons. The van der Waals surface area contributed by atoms with E-state index in [0.717, 1.165) is 19.5 Å². The summed E-state index contributed by atoms with van der Waals surface area (Å²) in [6.07, 6.45) is 1.08. The maximum atomic E-state index is 13.0. The van der Waals surface area contributed by atoms with Gasteiger partial charge in [-0.15, -0.1) is 0 Å². The highest BCUT2D eigenvalue weighted by Gasteiger charge is 2.39. The summed E-state index contributed by atoms with van der Waals surface area (Å²) in [5.74, 6) is 0.523. The molecule has 22 heavy (non-hydrogen) atoms. The lowest BCUT2D eigenvalue weighted by Crippen LogP contribution is -2.60. The minimum absolute atomic E-state index is 0.0343. The van der Waals surface area contributed by atoms with Crippen molar-refractivity contribution < 1.29 is 14.3 Å². The van der Waals surface area contributed by atoms with E-state index in [1.807, 2.05) is 4.90 Å². The number of carbonyl (C=O) groups excluding carboxylic acids is 1. The summed E-state index contributed by atoms with van der Waals surface area (Å²) in [5.41, 5.74) is 0.517. The Morgan fingerprint density at radius 3 is 3.00 bits per heavy atom. The van der Waals surface area contributed by atoms with Crippen LogP contribution in [0.1, 0.15) is 16.8 Å². The second-order valence-corrected chi connectivity index (χ2v) is 6.31. The first-order chi connectivity index (χ1) is 10.6. The summed E-state index contributed by atoms with van der Waals surface area (Å²) in [7, 11) is 3.64. The van der Waals surface area contributed by atoms with Gasteiger partial charge < -0.3 is 19.3 Å². The Hall–Kier alpha value is -1.30. The zero-order valence-corrected chi connectivity index (χ0v) is 13.7. The van der Waals surface area contributed by atoms with Crippen LogP contribution in [0, 0.1) is 0 Å². The molecule has 0 radical (unpaired) electrons. The summed E-state index contributed by atoms with van der Waals surface area (Å²) in [6, 6.07) is 5.23. The molecular formula is C16H21ClN2O3. The molecule has 3 rings (SSSR count). The lowest BCUT2D eigenvalue weighted by molar-refractivity contribution is -0.0870. The van der Waals surface area contributed by atoms with Crippen LogP contribution in [0.3, 0.4) is 0 Å². The second kappa shape index (κ2) is 6.44. The van der Waals surface area contributed by atoms with E-state index < -0.39 is 0 Å². The number of benzene rings is 1. The van der Waals surface area contributed by atoms with Gasteiger partial charge >= 0.3 is 0 Å². The molecule has 2 aliphatic rings. The number of morpholine rings is 1. The molecule has 2 heterocycles. The predicted molar refractivity (Wildman–Crippen MR) is 84.7 cm³/mol. The van der Waals surface area contributed by atoms with Crippen molar-refractivity contribution in [2.75, 3.05) is 40.4 Å². The summed E-state index contributed by atoms with van der Waals surface area (Å²) in [4.78, 5) is 17.2. The molecule has 0 aromatic heterocycles. The highest BCUT2D eigenvalue weighted by atomic mass is 35.5. The number of halogens is 1. The normalized spacial score (nSPS) is 25.7. The third-order valence-electron chi connectivity index (χ3n) is 4.44. The molecule has 1 aromatic carbocycles. The lowest BCUT2D eigenvalue weighted by atomic mass is 9.98. The summed E-state index contributed by atoms with van der Waals surface area (Å²) < 4.78 is 11.2. The van der Waals surface area contributed by atoms with Crippen molar-refractivity contribution in [3.8, 4) is 5.75 Å². The smallest absolute Gasteiger partial charge is 0.258 e. The van der Waals surface area contributed by atoms with Crippen molar-refractivity contribution in [2.24, 2.45) is 0 Å². The Balaban J connectivity index is 1.88. The Morgan fingerprint density at radius 1 is 1.41 bits per heavy atom. The van der Waals surface area contributed by atoms with Crippen LogP contribution >= 0.6 is 11.6 Å². The maximum Gasteiger partial charge on any atom is 0.258 e. The third-order valence-corrected chi connectivity index (χ3v) is 4.68. The van der Waals surface area contributed by atoms with Gasteiger partial charge in [0.1, 0.15) is 5.75 Å². The Bertz CT molecular complexity index is 566. The molecule has 2 atom stereocenters. The number of likely N-dealkylation sites (N-methyl/N-ethyl adjacent to an activating group) is 1. The first kappa shape index (κ1) is 15.6. The quantitative estimate of drug-likeness (QED) is 0.833. The number of carbonyl (C=O) groups is 1. The molecular weight excluding hydrogens is 304 g/mol. The van der Waals surface area contributed by atoms with Gasteiger partial charge in [0.05, 0.1) is 31.4 Å². The average Bonchev–Trinajstić information content (AvgIpc) is 2.53. The van der Waals surface area contributed by atoms with Gasteiger partial charge in [0.2, 0.25) is 0 Å². The van der Waals surface area contributed by atoms with E-state index in [1.165, 1.54) is 0 Å². The van der Waals surface area contributed by atoms with Crippen LogP contribution in [0.15, 0.2) is 18.2 Å². The first-order valence-electron chi connectivity index (χ1n) is 7.55. The summed E-state index contributed by atoms with van der Waals surface area (Å²) in [5, 5.41) is 0.537. The fourth-order valence-corrected chi connectivity index (χ4v) is 3.46. The number of piperidine rings is 1. The standard InChI is InChI=1S/C16H21ClN2O3/c1-18-6-5-15-13(10-18)19(7-8-22-15)16(20)12-9-11(17)3-4-14(12)21-2/h3-4,9,13,15H,5-8,10H2,1-2H3/t13-,15+/m1/s1. The number of ether oxygens (including phenoxy) is 2. The number of hydrogen-bond donors (Lipinski definition) is 0. The van der Waals surface area contributed by atoms with E-state index in [0.29, 0.717) is 29.5 Å². The Labute approximate surface area is 135 Å². The van der Waals surface area contributed by atoms with Crippen LogP contribution in [-0.4, -0.2) is 68.3 Å². The number of nitrogens with zero attached hydrogens (tertiary/aromatic N) is 2. The molecule has 2 fully saturated rings. The van der Waals surface area contributed by atoms with Crippen molar-refractivity contribution in [3.63, 3.8) is 0 Å². The number of fused-ring (bicyclic) bond motifs is 1. The predicted octanol–water partition coefficient (Wildman–Crippen LogP) is 1.89. The zero-order valence-electron chi connectivity index (χ0n) is 12.9. The van der Waals surface area contributed by atoms with Crippen LogP contribution in [0.2, 0.25) is 5.02 Å². The molecule has 5 nitrogen and oxygen atoms in total. The topological polar surface area (TPSA) is 42.0 Å². The van der Waals surface area contributed by atoms with Crippen LogP contribution in [0.4, 0.5) is 0 Å². The van der Waals surface area contributed by atoms with Gasteiger partial charge in [0.15, 0.2) is 0 Å². The summed E-state index contributed by atoms with van der Waals surface area (Å²) in [6.45, 7) is 3.02. The van der Waals surface area contributed by atoms with Gasteiger partial charge in [0, 0.05) is 24.7 Å². The number of rotatable bonds is 2. The largest absolute Gasteiger partial charge is 0.496 e. The minimum Gasteiger partial charge on any atom is -0.496 e. The molecule has 0 bridgehead atoms. The molecule has 2 aliphatic heterocycles. The molecule has 0 unspecified atom stereocenters. The highest BCUT2D eigenvalue weighted by molar-refractivity contribution is 6.31. The van der Waals surface area contributed by atoms with Gasteiger partial charge in [-0.05, 0) is 31.7 Å². The van der Waals surface area contributed by atoms with E-state index in [2.05, 4.69) is 11.9 Å². The van der Waals surface area contributed by atoms with Gasteiger partial charge in [-0.1, -0.05) is 11.6 Å². The fraction of sp³-hybridized carbons (Fsp3) is 0.562. The molecule has 6 heteroatoms. The lowest BCUT2D eigenvalue weighted by Gasteiger charge is -2.46. The molecule has 0 aliphatic carbocycles. The van der Waals surface area contributed by atoms with Gasteiger partial charge in [0.25, 0.3) is 5.91 Å². The molecule has 0 spiro atoms. The maximum absolute atomic E-state index is 13.0. The number of methoxy groups -OCH3 is 1. The van der Waals surface area contributed by atoms with Crippen molar-refractivity contribution in [1.29, 1.82) is 0 Å². The Kier molecular flexibility index (Phi) is 4.57. The van der Waals surface area contributed by atoms with Crippen molar-refractivity contribution in [1.82, 2.24) is 9.80 Å². The van der Waals surface area contributed by atoms with Crippen molar-refractivity contribution >= 4 is 17.5 Å². The molecule has 1 aromatic rings. The number of hydrogen-bond acceptors (Lipinski definition) is 4. The van der Waals surface area contributed by atoms with E-state index in [9.17, 15) is 4.79 Å². The molecule has 0 N–H and O–H groups in total. The van der Waals surface area contributed by atoms with E-state index in [1.54, 1.807) is 25.3 Å². The molecule has 2 saturated heterocycles. The van der Waals surface area contributed by atoms with E-state index in [4.69, 9.17) is 21.1 Å². The van der Waals surface area contributed by atoms with Gasteiger partial charge in [-0.3, -0.25) is 4.79 Å². The van der Waals surface area contributed by atoms with Gasteiger partial charge in [-0.25, -0.2) is 0 Å². The third kappa shape index (κ3) is 2.93. The molecule has 0 saturated carbocycles. The second-order valence-electron chi connectivity index (χ2n) is 5.87. The van der Waals surface area contributed by atoms with E-state index in [-0.39, 0.29) is 18.1 Å². The first-order valence-corrected chi connectivity index (χ1v) is 7.92. The SMILES string of the molecule is COc1ccc(Cl)cc1C(=O)N1CCO[C@H]2CCN(C)C[C@H]21. The van der Waals surface area contributed by atoms with E-state index >= 15 is 0 Å². The number of amides is 1. The van der Waals surface area contributed by atoms with Crippen LogP contribution in [-0.2, 0) is 4.74 Å². The average molecular weight is 325 g/mol. The van der Waals surface area contributed by atoms with Crippen molar-refractivity contribution in [2.45, 2.75) is 18.6 Å². The highest BCUT2D eigenvalue weighted by Crippen LogP contribution is 2.28. The fourth-order valence-electron chi connectivity index (χ4n) is 3.28. The molecule has 1 amide bonds. The number of likely N-dealkylation sites (tertiary alicyclic amines) is 1. The van der Waals surface area contributed by atoms with Gasteiger partial charge in [-0.2, -0.15) is 0 Å². The zero-order chi connectivity index (χ0) is 15.7. The van der Waals surface area contributed by atoms with Crippen LogP contribution in [0.25, 0.3) is 0 Å². The monoisotopic (exact) mass is 324 g/mol. The summed E-state index contributed by atoms with van der Waals surface area (Å²) >= 11 is 6.06. The minimum atomic E-state index is -0.0343.